The Morgan fingerprint density at radius 1 is 1.30 bits per heavy atom. The van der Waals surface area contributed by atoms with Crippen LogP contribution in [0, 0.1) is 0 Å². The van der Waals surface area contributed by atoms with Gasteiger partial charge in [0.1, 0.15) is 0 Å². The van der Waals surface area contributed by atoms with Gasteiger partial charge in [-0.15, -0.1) is 11.3 Å². The lowest BCUT2D eigenvalue weighted by atomic mass is 10.0. The third kappa shape index (κ3) is 5.97. The van der Waals surface area contributed by atoms with Crippen LogP contribution >= 0.6 is 38.9 Å². The summed E-state index contributed by atoms with van der Waals surface area (Å²) in [6.45, 7) is 1.91. The Morgan fingerprint density at radius 2 is 2.00 bits per heavy atom. The van der Waals surface area contributed by atoms with E-state index < -0.39 is 0 Å². The number of hydrogen-bond donors (Lipinski definition) is 2. The molecule has 2 N–H and O–H groups in total. The van der Waals surface area contributed by atoms with E-state index in [1.54, 1.807) is 23.5 Å². The SMILES string of the molecule is CC(=O)NC(CC(=O)NCc1cc(Br)cs1)c1ccc(Cl)cc1. The Morgan fingerprint density at radius 3 is 2.57 bits per heavy atom. The van der Waals surface area contributed by atoms with Gasteiger partial charge in [0.2, 0.25) is 11.8 Å². The molecule has 0 saturated heterocycles. The summed E-state index contributed by atoms with van der Waals surface area (Å²) in [5, 5.41) is 8.25. The number of carbonyl (C=O) groups is 2. The number of halogens is 2. The highest BCUT2D eigenvalue weighted by Gasteiger charge is 2.17. The lowest BCUT2D eigenvalue weighted by Crippen LogP contribution is -2.32. The second-order valence-corrected chi connectivity index (χ2v) is 7.36. The number of thiophene rings is 1. The summed E-state index contributed by atoms with van der Waals surface area (Å²) in [7, 11) is 0. The molecular formula is C16H16BrClN2O2S. The van der Waals surface area contributed by atoms with Crippen molar-refractivity contribution in [2.24, 2.45) is 0 Å². The molecule has 1 aromatic heterocycles. The van der Waals surface area contributed by atoms with E-state index in [-0.39, 0.29) is 24.3 Å². The van der Waals surface area contributed by atoms with E-state index >= 15 is 0 Å². The van der Waals surface area contributed by atoms with Crippen molar-refractivity contribution in [2.75, 3.05) is 0 Å². The fourth-order valence-electron chi connectivity index (χ4n) is 2.08. The van der Waals surface area contributed by atoms with Crippen LogP contribution in [0.15, 0.2) is 40.2 Å². The van der Waals surface area contributed by atoms with Crippen molar-refractivity contribution in [3.8, 4) is 0 Å². The van der Waals surface area contributed by atoms with Crippen LogP contribution < -0.4 is 10.6 Å². The summed E-state index contributed by atoms with van der Waals surface area (Å²) >= 11 is 10.8. The van der Waals surface area contributed by atoms with E-state index in [1.165, 1.54) is 6.92 Å². The summed E-state index contributed by atoms with van der Waals surface area (Å²) in [5.74, 6) is -0.303. The van der Waals surface area contributed by atoms with E-state index in [0.717, 1.165) is 14.9 Å². The van der Waals surface area contributed by atoms with Gasteiger partial charge in [0, 0.05) is 26.7 Å². The first-order valence-electron chi connectivity index (χ1n) is 6.96. The van der Waals surface area contributed by atoms with E-state index in [2.05, 4.69) is 26.6 Å². The fraction of sp³-hybridized carbons (Fsp3) is 0.250. The topological polar surface area (TPSA) is 58.2 Å². The van der Waals surface area contributed by atoms with Crippen LogP contribution in [0.2, 0.25) is 5.02 Å². The molecule has 23 heavy (non-hydrogen) atoms. The zero-order valence-corrected chi connectivity index (χ0v) is 15.6. The van der Waals surface area contributed by atoms with Gasteiger partial charge in [-0.2, -0.15) is 0 Å². The fourth-order valence-corrected chi connectivity index (χ4v) is 3.60. The van der Waals surface area contributed by atoms with Crippen molar-refractivity contribution in [1.29, 1.82) is 0 Å². The second kappa shape index (κ2) is 8.47. The van der Waals surface area contributed by atoms with E-state index in [9.17, 15) is 9.59 Å². The van der Waals surface area contributed by atoms with Crippen molar-refractivity contribution in [3.05, 3.63) is 55.6 Å². The number of rotatable bonds is 6. The van der Waals surface area contributed by atoms with Gasteiger partial charge in [0.15, 0.2) is 0 Å². The van der Waals surface area contributed by atoms with Crippen molar-refractivity contribution in [3.63, 3.8) is 0 Å². The molecule has 0 aliphatic carbocycles. The van der Waals surface area contributed by atoms with Crippen LogP contribution in [0.4, 0.5) is 0 Å². The molecule has 0 aliphatic rings. The minimum Gasteiger partial charge on any atom is -0.351 e. The van der Waals surface area contributed by atoms with Gasteiger partial charge in [-0.25, -0.2) is 0 Å². The van der Waals surface area contributed by atoms with Crippen LogP contribution in [0.3, 0.4) is 0 Å². The summed E-state index contributed by atoms with van der Waals surface area (Å²) in [6.07, 6.45) is 0.174. The molecule has 2 amide bonds. The Bertz CT molecular complexity index is 688. The highest BCUT2D eigenvalue weighted by Crippen LogP contribution is 2.21. The summed E-state index contributed by atoms with van der Waals surface area (Å²) < 4.78 is 1.00. The van der Waals surface area contributed by atoms with Gasteiger partial charge in [-0.1, -0.05) is 23.7 Å². The highest BCUT2D eigenvalue weighted by molar-refractivity contribution is 9.10. The van der Waals surface area contributed by atoms with Crippen LogP contribution in [0.25, 0.3) is 0 Å². The van der Waals surface area contributed by atoms with Crippen molar-refractivity contribution in [1.82, 2.24) is 10.6 Å². The summed E-state index contributed by atoms with van der Waals surface area (Å²) in [4.78, 5) is 24.6. The Labute approximate surface area is 152 Å². The van der Waals surface area contributed by atoms with Crippen LogP contribution in [-0.2, 0) is 16.1 Å². The van der Waals surface area contributed by atoms with Gasteiger partial charge >= 0.3 is 0 Å². The molecule has 1 aromatic carbocycles. The van der Waals surface area contributed by atoms with Gasteiger partial charge in [-0.05, 0) is 39.7 Å². The van der Waals surface area contributed by atoms with E-state index in [0.29, 0.717) is 11.6 Å². The largest absolute Gasteiger partial charge is 0.351 e. The third-order valence-electron chi connectivity index (χ3n) is 3.12. The molecule has 2 rings (SSSR count). The van der Waals surface area contributed by atoms with Gasteiger partial charge in [-0.3, -0.25) is 9.59 Å². The average Bonchev–Trinajstić information content (AvgIpc) is 2.90. The van der Waals surface area contributed by atoms with Crippen LogP contribution in [-0.4, -0.2) is 11.8 Å². The maximum Gasteiger partial charge on any atom is 0.222 e. The molecule has 0 spiro atoms. The number of benzene rings is 1. The standard InChI is InChI=1S/C16H16BrClN2O2S/c1-10(21)20-15(11-2-4-13(18)5-3-11)7-16(22)19-8-14-6-12(17)9-23-14/h2-6,9,15H,7-8H2,1H3,(H,19,22)(H,20,21). The molecule has 4 nitrogen and oxygen atoms in total. The molecule has 2 aromatic rings. The first kappa shape index (κ1) is 18.0. The van der Waals surface area contributed by atoms with Crippen LogP contribution in [0.1, 0.15) is 29.8 Å². The molecule has 1 atom stereocenters. The molecule has 0 aliphatic heterocycles. The average molecular weight is 416 g/mol. The van der Waals surface area contributed by atoms with Crippen molar-refractivity contribution < 1.29 is 9.59 Å². The highest BCUT2D eigenvalue weighted by atomic mass is 79.9. The van der Waals surface area contributed by atoms with Gasteiger partial charge in [0.05, 0.1) is 19.0 Å². The molecule has 122 valence electrons. The first-order chi connectivity index (χ1) is 10.9. The summed E-state index contributed by atoms with van der Waals surface area (Å²) in [6, 6.07) is 8.70. The lowest BCUT2D eigenvalue weighted by molar-refractivity contribution is -0.122. The zero-order valence-electron chi connectivity index (χ0n) is 12.4. The Balaban J connectivity index is 1.97. The Kier molecular flexibility index (Phi) is 6.62. The maximum absolute atomic E-state index is 12.2. The van der Waals surface area contributed by atoms with Crippen molar-refractivity contribution >= 4 is 50.7 Å². The molecule has 1 heterocycles. The molecule has 0 fully saturated rings. The quantitative estimate of drug-likeness (QED) is 0.748. The smallest absolute Gasteiger partial charge is 0.222 e. The predicted molar refractivity (Wildman–Crippen MR) is 96.5 cm³/mol. The van der Waals surface area contributed by atoms with Crippen LogP contribution in [0.5, 0.6) is 0 Å². The number of nitrogens with one attached hydrogen (secondary N) is 2. The predicted octanol–water partition coefficient (Wildman–Crippen LogP) is 4.05. The zero-order chi connectivity index (χ0) is 16.8. The minimum atomic E-state index is -0.375. The van der Waals surface area contributed by atoms with Crippen molar-refractivity contribution in [2.45, 2.75) is 25.9 Å². The second-order valence-electron chi connectivity index (χ2n) is 5.02. The molecule has 0 radical (unpaired) electrons. The number of hydrogen-bond acceptors (Lipinski definition) is 3. The molecular weight excluding hydrogens is 400 g/mol. The van der Waals surface area contributed by atoms with E-state index in [4.69, 9.17) is 11.6 Å². The number of amides is 2. The minimum absolute atomic E-state index is 0.122. The summed E-state index contributed by atoms with van der Waals surface area (Å²) in [5.41, 5.74) is 0.846. The van der Waals surface area contributed by atoms with E-state index in [1.807, 2.05) is 23.6 Å². The molecule has 0 bridgehead atoms. The maximum atomic E-state index is 12.2. The monoisotopic (exact) mass is 414 g/mol. The molecule has 7 heteroatoms. The van der Waals surface area contributed by atoms with Gasteiger partial charge < -0.3 is 10.6 Å². The third-order valence-corrected chi connectivity index (χ3v) is 5.07. The number of carbonyl (C=O) groups excluding carboxylic acids is 2. The normalized spacial score (nSPS) is 11.8. The Hall–Kier alpha value is -1.37. The molecule has 1 unspecified atom stereocenters. The first-order valence-corrected chi connectivity index (χ1v) is 9.01. The lowest BCUT2D eigenvalue weighted by Gasteiger charge is -2.18. The molecule has 0 saturated carbocycles. The van der Waals surface area contributed by atoms with Gasteiger partial charge in [0.25, 0.3) is 0 Å².